The van der Waals surface area contributed by atoms with Gasteiger partial charge in [-0.2, -0.15) is 26.3 Å². The van der Waals surface area contributed by atoms with Crippen molar-refractivity contribution >= 4 is 69.2 Å². The first-order chi connectivity index (χ1) is 21.0. The molecule has 236 valence electrons. The second-order valence-corrected chi connectivity index (χ2v) is 11.6. The second-order valence-electron chi connectivity index (χ2n) is 9.95. The quantitative estimate of drug-likeness (QED) is 0.153. The predicted octanol–water partition coefficient (Wildman–Crippen LogP) is 7.03. The predicted molar refractivity (Wildman–Crippen MR) is 164 cm³/mol. The normalized spacial score (nSPS) is 15.3. The van der Waals surface area contributed by atoms with Gasteiger partial charge in [-0.3, -0.25) is 19.3 Å². The molecule has 2 N–H and O–H groups in total. The Morgan fingerprint density at radius 3 is 1.93 bits per heavy atom. The van der Waals surface area contributed by atoms with Crippen LogP contribution < -0.4 is 15.5 Å². The summed E-state index contributed by atoms with van der Waals surface area (Å²) in [5.41, 5.74) is -1.03. The standard InChI is InChI=1S/C30H24F6N4O3S2/c1-39(2)22-11-9-17(10-12-22)13-24-27(43)40(28(44)45-24)23(26(42)38-21-8-4-6-19(15-21)30(34,35)36)16-25(41)37-20-7-3-5-18(14-20)29(31,32)33/h3-15,23H,16H2,1-2H3,(H,37,41)(H,38,42)/b24-13-/t23-/m1/s1. The van der Waals surface area contributed by atoms with E-state index < -0.39 is 53.7 Å². The summed E-state index contributed by atoms with van der Waals surface area (Å²) in [7, 11) is 3.71. The molecule has 0 unspecified atom stereocenters. The number of nitrogens with one attached hydrogen (secondary N) is 2. The van der Waals surface area contributed by atoms with Crippen LogP contribution in [0.5, 0.6) is 0 Å². The van der Waals surface area contributed by atoms with E-state index in [1.165, 1.54) is 18.2 Å². The number of hydrogen-bond donors (Lipinski definition) is 2. The summed E-state index contributed by atoms with van der Waals surface area (Å²) in [4.78, 5) is 42.9. The van der Waals surface area contributed by atoms with Crippen LogP contribution in [0.25, 0.3) is 6.08 Å². The summed E-state index contributed by atoms with van der Waals surface area (Å²) in [6, 6.07) is 13.0. The summed E-state index contributed by atoms with van der Waals surface area (Å²) < 4.78 is 79.2. The third-order valence-corrected chi connectivity index (χ3v) is 7.79. The van der Waals surface area contributed by atoms with E-state index in [0.717, 1.165) is 46.6 Å². The third-order valence-electron chi connectivity index (χ3n) is 6.45. The Kier molecular flexibility index (Phi) is 9.92. The van der Waals surface area contributed by atoms with Crippen molar-refractivity contribution in [1.82, 2.24) is 4.90 Å². The van der Waals surface area contributed by atoms with Gasteiger partial charge >= 0.3 is 12.4 Å². The Hall–Kier alpha value is -4.37. The minimum atomic E-state index is -4.71. The third kappa shape index (κ3) is 8.42. The average Bonchev–Trinajstić information content (AvgIpc) is 3.23. The lowest BCUT2D eigenvalue weighted by Crippen LogP contribution is -2.48. The first-order valence-electron chi connectivity index (χ1n) is 13.0. The van der Waals surface area contributed by atoms with Crippen LogP contribution in [-0.4, -0.2) is 47.1 Å². The zero-order valence-electron chi connectivity index (χ0n) is 23.5. The van der Waals surface area contributed by atoms with Crippen LogP contribution in [0.3, 0.4) is 0 Å². The van der Waals surface area contributed by atoms with E-state index in [4.69, 9.17) is 12.2 Å². The van der Waals surface area contributed by atoms with Crippen molar-refractivity contribution in [3.05, 3.63) is 94.4 Å². The van der Waals surface area contributed by atoms with Crippen molar-refractivity contribution in [1.29, 1.82) is 0 Å². The summed E-state index contributed by atoms with van der Waals surface area (Å²) in [5, 5.41) is 4.57. The molecule has 0 bridgehead atoms. The van der Waals surface area contributed by atoms with E-state index in [9.17, 15) is 40.7 Å². The number of nitrogens with zero attached hydrogens (tertiary/aromatic N) is 2. The van der Waals surface area contributed by atoms with Gasteiger partial charge in [0.1, 0.15) is 10.4 Å². The zero-order valence-corrected chi connectivity index (χ0v) is 25.1. The molecule has 1 aliphatic rings. The van der Waals surface area contributed by atoms with Crippen LogP contribution in [0.1, 0.15) is 23.1 Å². The topological polar surface area (TPSA) is 81.8 Å². The molecule has 0 aromatic heterocycles. The molecule has 3 aromatic rings. The van der Waals surface area contributed by atoms with Gasteiger partial charge in [0.25, 0.3) is 5.91 Å². The highest BCUT2D eigenvalue weighted by atomic mass is 32.2. The molecular weight excluding hydrogens is 642 g/mol. The molecule has 1 atom stereocenters. The minimum Gasteiger partial charge on any atom is -0.378 e. The Balaban J connectivity index is 1.63. The number of alkyl halides is 6. The van der Waals surface area contributed by atoms with Crippen LogP contribution in [0.15, 0.2) is 77.7 Å². The van der Waals surface area contributed by atoms with Gasteiger partial charge in [0, 0.05) is 31.2 Å². The number of halogens is 6. The van der Waals surface area contributed by atoms with Gasteiger partial charge < -0.3 is 15.5 Å². The summed E-state index contributed by atoms with van der Waals surface area (Å²) in [6.07, 6.45) is -8.64. The van der Waals surface area contributed by atoms with Gasteiger partial charge in [0.2, 0.25) is 11.8 Å². The van der Waals surface area contributed by atoms with Crippen LogP contribution in [0.2, 0.25) is 0 Å². The molecular formula is C30H24F6N4O3S2. The molecule has 1 saturated heterocycles. The van der Waals surface area contributed by atoms with E-state index in [-0.39, 0.29) is 20.6 Å². The van der Waals surface area contributed by atoms with Crippen molar-refractivity contribution in [2.24, 2.45) is 0 Å². The molecule has 1 aliphatic heterocycles. The maximum Gasteiger partial charge on any atom is 0.416 e. The number of carbonyl (C=O) groups is 3. The SMILES string of the molecule is CN(C)c1ccc(/C=C2\SC(=S)N([C@H](CC(=O)Nc3cccc(C(F)(F)F)c3)C(=O)Nc3cccc(C(F)(F)F)c3)C2=O)cc1. The van der Waals surface area contributed by atoms with Gasteiger partial charge in [-0.15, -0.1) is 0 Å². The molecule has 0 spiro atoms. The molecule has 1 heterocycles. The molecule has 0 aliphatic carbocycles. The Morgan fingerprint density at radius 1 is 0.889 bits per heavy atom. The Morgan fingerprint density at radius 2 is 1.42 bits per heavy atom. The van der Waals surface area contributed by atoms with Crippen molar-refractivity contribution in [3.63, 3.8) is 0 Å². The van der Waals surface area contributed by atoms with Crippen molar-refractivity contribution < 1.29 is 40.7 Å². The average molecular weight is 667 g/mol. The fraction of sp³-hybridized carbons (Fsp3) is 0.200. The monoisotopic (exact) mass is 666 g/mol. The second kappa shape index (κ2) is 13.3. The number of amides is 3. The van der Waals surface area contributed by atoms with Gasteiger partial charge in [-0.25, -0.2) is 0 Å². The lowest BCUT2D eigenvalue weighted by Gasteiger charge is -2.26. The maximum absolute atomic E-state index is 13.5. The van der Waals surface area contributed by atoms with E-state index in [1.54, 1.807) is 12.1 Å². The fourth-order valence-corrected chi connectivity index (χ4v) is 5.59. The first kappa shape index (κ1) is 33.5. The Bertz CT molecular complexity index is 1660. The largest absolute Gasteiger partial charge is 0.416 e. The molecule has 1 fully saturated rings. The van der Waals surface area contributed by atoms with Crippen LogP contribution in [0.4, 0.5) is 43.4 Å². The molecule has 0 saturated carbocycles. The van der Waals surface area contributed by atoms with Gasteiger partial charge in [-0.1, -0.05) is 48.2 Å². The van der Waals surface area contributed by atoms with Crippen LogP contribution in [0, 0.1) is 0 Å². The highest BCUT2D eigenvalue weighted by Gasteiger charge is 2.42. The number of thioether (sulfide) groups is 1. The first-order valence-corrected chi connectivity index (χ1v) is 14.2. The molecule has 3 amide bonds. The number of benzene rings is 3. The van der Waals surface area contributed by atoms with Gasteiger partial charge in [0.05, 0.1) is 22.5 Å². The van der Waals surface area contributed by atoms with E-state index in [0.29, 0.717) is 17.7 Å². The summed E-state index contributed by atoms with van der Waals surface area (Å²) in [6.45, 7) is 0. The van der Waals surface area contributed by atoms with Crippen LogP contribution >= 0.6 is 24.0 Å². The van der Waals surface area contributed by atoms with Crippen molar-refractivity contribution in [2.75, 3.05) is 29.6 Å². The van der Waals surface area contributed by atoms with E-state index in [1.807, 2.05) is 31.1 Å². The number of anilines is 3. The zero-order chi connectivity index (χ0) is 33.1. The van der Waals surface area contributed by atoms with Crippen molar-refractivity contribution in [2.45, 2.75) is 24.8 Å². The van der Waals surface area contributed by atoms with Gasteiger partial charge in [0.15, 0.2) is 0 Å². The number of carbonyl (C=O) groups excluding carboxylic acids is 3. The highest BCUT2D eigenvalue weighted by molar-refractivity contribution is 8.26. The Labute approximate surface area is 263 Å². The lowest BCUT2D eigenvalue weighted by atomic mass is 10.1. The molecule has 15 heteroatoms. The summed E-state index contributed by atoms with van der Waals surface area (Å²) in [5.74, 6) is -2.73. The smallest absolute Gasteiger partial charge is 0.378 e. The summed E-state index contributed by atoms with van der Waals surface area (Å²) >= 11 is 6.22. The molecule has 3 aromatic carbocycles. The maximum atomic E-state index is 13.5. The van der Waals surface area contributed by atoms with E-state index >= 15 is 0 Å². The molecule has 4 rings (SSSR count). The molecule has 45 heavy (non-hydrogen) atoms. The number of rotatable bonds is 8. The van der Waals surface area contributed by atoms with Crippen molar-refractivity contribution in [3.8, 4) is 0 Å². The minimum absolute atomic E-state index is 0.104. The van der Waals surface area contributed by atoms with E-state index in [2.05, 4.69) is 10.6 Å². The lowest BCUT2D eigenvalue weighted by molar-refractivity contribution is -0.138. The number of hydrogen-bond acceptors (Lipinski definition) is 6. The van der Waals surface area contributed by atoms with Gasteiger partial charge in [-0.05, 0) is 60.2 Å². The number of thiocarbonyl (C=S) groups is 1. The van der Waals surface area contributed by atoms with Crippen LogP contribution in [-0.2, 0) is 26.7 Å². The molecule has 0 radical (unpaired) electrons. The highest BCUT2D eigenvalue weighted by Crippen LogP contribution is 2.36. The fourth-order valence-electron chi connectivity index (χ4n) is 4.23. The molecule has 7 nitrogen and oxygen atoms in total.